The van der Waals surface area contributed by atoms with E-state index in [0.29, 0.717) is 6.04 Å². The zero-order valence-corrected chi connectivity index (χ0v) is 12.6. The highest BCUT2D eigenvalue weighted by molar-refractivity contribution is 7.99. The zero-order chi connectivity index (χ0) is 12.1. The van der Waals surface area contributed by atoms with Crippen LogP contribution in [0.25, 0.3) is 0 Å². The number of hydrogen-bond acceptors (Lipinski definition) is 3. The Kier molecular flexibility index (Phi) is 5.67. The molecular formula is C13H20ClNS2. The molecule has 1 aromatic rings. The van der Waals surface area contributed by atoms with Gasteiger partial charge < -0.3 is 5.32 Å². The maximum Gasteiger partial charge on any atom is 0.0931 e. The molecule has 0 amide bonds. The summed E-state index contributed by atoms with van der Waals surface area (Å²) in [5.41, 5.74) is 0. The van der Waals surface area contributed by atoms with Crippen LogP contribution in [0.4, 0.5) is 0 Å². The maximum absolute atomic E-state index is 6.02. The molecule has 1 aliphatic carbocycles. The second kappa shape index (κ2) is 7.03. The predicted octanol–water partition coefficient (Wildman–Crippen LogP) is 4.73. The van der Waals surface area contributed by atoms with Crippen molar-refractivity contribution >= 4 is 34.7 Å². The van der Waals surface area contributed by atoms with E-state index < -0.39 is 0 Å². The molecular weight excluding hydrogens is 270 g/mol. The fraction of sp³-hybridized carbons (Fsp3) is 0.692. The summed E-state index contributed by atoms with van der Waals surface area (Å²) in [7, 11) is 0. The number of nitrogens with one attached hydrogen (secondary N) is 1. The van der Waals surface area contributed by atoms with Gasteiger partial charge in [-0.05, 0) is 31.5 Å². The molecule has 2 rings (SSSR count). The molecule has 96 valence electrons. The lowest BCUT2D eigenvalue weighted by Gasteiger charge is -2.18. The van der Waals surface area contributed by atoms with Gasteiger partial charge in [-0.15, -0.1) is 11.3 Å². The Bertz CT molecular complexity index is 334. The largest absolute Gasteiger partial charge is 0.309 e. The second-order valence-corrected chi connectivity index (χ2v) is 7.57. The van der Waals surface area contributed by atoms with Crippen LogP contribution in [-0.2, 0) is 0 Å². The number of halogens is 1. The summed E-state index contributed by atoms with van der Waals surface area (Å²) in [6, 6.07) is 4.64. The van der Waals surface area contributed by atoms with Gasteiger partial charge in [0.2, 0.25) is 0 Å². The lowest BCUT2D eigenvalue weighted by Crippen LogP contribution is -2.22. The van der Waals surface area contributed by atoms with Crippen LogP contribution in [0.3, 0.4) is 0 Å². The van der Waals surface area contributed by atoms with Crippen molar-refractivity contribution in [2.24, 2.45) is 0 Å². The molecule has 0 radical (unpaired) electrons. The Morgan fingerprint density at radius 2 is 2.24 bits per heavy atom. The van der Waals surface area contributed by atoms with Crippen LogP contribution in [0.1, 0.15) is 43.5 Å². The quantitative estimate of drug-likeness (QED) is 0.813. The number of hydrogen-bond donors (Lipinski definition) is 1. The molecule has 1 saturated carbocycles. The van der Waals surface area contributed by atoms with Crippen molar-refractivity contribution in [1.82, 2.24) is 5.32 Å². The second-order valence-electron chi connectivity index (χ2n) is 4.49. The van der Waals surface area contributed by atoms with Gasteiger partial charge >= 0.3 is 0 Å². The summed E-state index contributed by atoms with van der Waals surface area (Å²) in [6.45, 7) is 3.19. The average molecular weight is 290 g/mol. The monoisotopic (exact) mass is 289 g/mol. The first-order chi connectivity index (χ1) is 8.29. The minimum absolute atomic E-state index is 0.475. The molecule has 1 fully saturated rings. The van der Waals surface area contributed by atoms with E-state index in [1.165, 1.54) is 36.3 Å². The van der Waals surface area contributed by atoms with Crippen molar-refractivity contribution in [1.29, 1.82) is 0 Å². The normalized spacial score (nSPS) is 18.7. The van der Waals surface area contributed by atoms with E-state index in [4.69, 9.17) is 11.6 Å². The highest BCUT2D eigenvalue weighted by atomic mass is 35.5. The third kappa shape index (κ3) is 4.16. The van der Waals surface area contributed by atoms with Gasteiger partial charge in [-0.1, -0.05) is 31.4 Å². The van der Waals surface area contributed by atoms with Gasteiger partial charge in [0.05, 0.1) is 10.4 Å². The standard InChI is InChI=1S/C13H20ClNS2/c1-2-15-11(12-7-8-13(14)17-12)9-16-10-5-3-4-6-10/h7-8,10-11,15H,2-6,9H2,1H3. The third-order valence-electron chi connectivity index (χ3n) is 3.19. The fourth-order valence-corrected chi connectivity index (χ4v) is 4.96. The molecule has 1 atom stereocenters. The Balaban J connectivity index is 1.87. The van der Waals surface area contributed by atoms with Crippen LogP contribution in [0.5, 0.6) is 0 Å². The molecule has 0 saturated heterocycles. The lowest BCUT2D eigenvalue weighted by molar-refractivity contribution is 0.614. The molecule has 0 aromatic carbocycles. The van der Waals surface area contributed by atoms with E-state index >= 15 is 0 Å². The van der Waals surface area contributed by atoms with E-state index in [0.717, 1.165) is 16.1 Å². The van der Waals surface area contributed by atoms with Crippen LogP contribution in [0.15, 0.2) is 12.1 Å². The Labute approximate surface area is 117 Å². The molecule has 1 nitrogen and oxygen atoms in total. The predicted molar refractivity (Wildman–Crippen MR) is 80.5 cm³/mol. The number of thioether (sulfide) groups is 1. The van der Waals surface area contributed by atoms with E-state index in [1.807, 2.05) is 6.07 Å². The van der Waals surface area contributed by atoms with Crippen molar-refractivity contribution in [2.45, 2.75) is 43.9 Å². The van der Waals surface area contributed by atoms with Crippen molar-refractivity contribution < 1.29 is 0 Å². The topological polar surface area (TPSA) is 12.0 Å². The van der Waals surface area contributed by atoms with Crippen LogP contribution < -0.4 is 5.32 Å². The summed E-state index contributed by atoms with van der Waals surface area (Å²) in [5.74, 6) is 1.18. The molecule has 1 heterocycles. The molecule has 0 aliphatic heterocycles. The van der Waals surface area contributed by atoms with Gasteiger partial charge in [0.1, 0.15) is 0 Å². The Morgan fingerprint density at radius 3 is 2.82 bits per heavy atom. The van der Waals surface area contributed by atoms with Crippen LogP contribution in [0.2, 0.25) is 4.34 Å². The first-order valence-corrected chi connectivity index (χ1v) is 8.64. The maximum atomic E-state index is 6.02. The van der Waals surface area contributed by atoms with Crippen molar-refractivity contribution in [3.05, 3.63) is 21.3 Å². The van der Waals surface area contributed by atoms with E-state index in [2.05, 4.69) is 30.1 Å². The summed E-state index contributed by atoms with van der Waals surface area (Å²) in [6.07, 6.45) is 5.67. The number of rotatable bonds is 6. The van der Waals surface area contributed by atoms with Crippen LogP contribution in [0, 0.1) is 0 Å². The van der Waals surface area contributed by atoms with Crippen molar-refractivity contribution in [3.8, 4) is 0 Å². The van der Waals surface area contributed by atoms with E-state index in [-0.39, 0.29) is 0 Å². The van der Waals surface area contributed by atoms with Gasteiger partial charge in [-0.3, -0.25) is 0 Å². The zero-order valence-electron chi connectivity index (χ0n) is 10.2. The summed E-state index contributed by atoms with van der Waals surface area (Å²) < 4.78 is 0.897. The lowest BCUT2D eigenvalue weighted by atomic mass is 10.3. The highest BCUT2D eigenvalue weighted by Crippen LogP contribution is 2.34. The summed E-state index contributed by atoms with van der Waals surface area (Å²) in [5, 5.41) is 4.46. The van der Waals surface area contributed by atoms with Gasteiger partial charge in [0.25, 0.3) is 0 Å². The molecule has 1 aromatic heterocycles. The van der Waals surface area contributed by atoms with Gasteiger partial charge in [0, 0.05) is 15.9 Å². The summed E-state index contributed by atoms with van der Waals surface area (Å²) >= 11 is 9.86. The highest BCUT2D eigenvalue weighted by Gasteiger charge is 2.19. The first-order valence-electron chi connectivity index (χ1n) is 6.40. The minimum atomic E-state index is 0.475. The van der Waals surface area contributed by atoms with Gasteiger partial charge in [-0.25, -0.2) is 0 Å². The van der Waals surface area contributed by atoms with Gasteiger partial charge in [0.15, 0.2) is 0 Å². The average Bonchev–Trinajstić information content (AvgIpc) is 2.95. The molecule has 1 aliphatic rings. The van der Waals surface area contributed by atoms with E-state index in [9.17, 15) is 0 Å². The van der Waals surface area contributed by atoms with Crippen molar-refractivity contribution in [3.63, 3.8) is 0 Å². The SMILES string of the molecule is CCNC(CSC1CCCC1)c1ccc(Cl)s1. The number of thiophene rings is 1. The molecule has 0 spiro atoms. The Hall–Kier alpha value is 0.300. The molecule has 17 heavy (non-hydrogen) atoms. The van der Waals surface area contributed by atoms with Crippen LogP contribution in [-0.4, -0.2) is 17.5 Å². The van der Waals surface area contributed by atoms with Crippen molar-refractivity contribution in [2.75, 3.05) is 12.3 Å². The summed E-state index contributed by atoms with van der Waals surface area (Å²) in [4.78, 5) is 1.38. The smallest absolute Gasteiger partial charge is 0.0931 e. The molecule has 1 unspecified atom stereocenters. The van der Waals surface area contributed by atoms with Gasteiger partial charge in [-0.2, -0.15) is 11.8 Å². The van der Waals surface area contributed by atoms with E-state index in [1.54, 1.807) is 11.3 Å². The minimum Gasteiger partial charge on any atom is -0.309 e. The fourth-order valence-electron chi connectivity index (χ4n) is 2.29. The molecule has 4 heteroatoms. The Morgan fingerprint density at radius 1 is 1.47 bits per heavy atom. The first kappa shape index (κ1) is 13.7. The molecule has 1 N–H and O–H groups in total. The van der Waals surface area contributed by atoms with Crippen LogP contribution >= 0.6 is 34.7 Å². The third-order valence-corrected chi connectivity index (χ3v) is 6.00. The molecule has 0 bridgehead atoms.